The predicted octanol–water partition coefficient (Wildman–Crippen LogP) is 5.30. The van der Waals surface area contributed by atoms with Crippen molar-refractivity contribution in [2.75, 3.05) is 24.3 Å². The van der Waals surface area contributed by atoms with Crippen molar-refractivity contribution in [1.29, 1.82) is 0 Å². The van der Waals surface area contributed by atoms with Gasteiger partial charge in [-0.05, 0) is 69.9 Å². The molecule has 1 amide bonds. The van der Waals surface area contributed by atoms with E-state index < -0.39 is 0 Å². The predicted molar refractivity (Wildman–Crippen MR) is 156 cm³/mol. The van der Waals surface area contributed by atoms with Crippen molar-refractivity contribution in [3.63, 3.8) is 0 Å². The second kappa shape index (κ2) is 12.0. The molecule has 39 heavy (non-hydrogen) atoms. The zero-order valence-electron chi connectivity index (χ0n) is 23.2. The van der Waals surface area contributed by atoms with E-state index in [-0.39, 0.29) is 23.7 Å². The molecule has 0 bridgehead atoms. The van der Waals surface area contributed by atoms with Gasteiger partial charge in [0.15, 0.2) is 5.78 Å². The van der Waals surface area contributed by atoms with Gasteiger partial charge in [0, 0.05) is 42.9 Å². The van der Waals surface area contributed by atoms with Crippen LogP contribution in [0.2, 0.25) is 0 Å². The van der Waals surface area contributed by atoms with Crippen LogP contribution in [-0.2, 0) is 17.6 Å². The average molecular weight is 526 g/mol. The molecule has 7 nitrogen and oxygen atoms in total. The second-order valence-corrected chi connectivity index (χ2v) is 11.1. The lowest BCUT2D eigenvalue weighted by atomic mass is 9.90. The summed E-state index contributed by atoms with van der Waals surface area (Å²) in [6, 6.07) is 17.1. The van der Waals surface area contributed by atoms with Crippen molar-refractivity contribution in [3.8, 4) is 0 Å². The molecule has 2 aliphatic carbocycles. The van der Waals surface area contributed by atoms with Crippen molar-refractivity contribution >= 4 is 23.5 Å². The highest BCUT2D eigenvalue weighted by Crippen LogP contribution is 2.29. The molecule has 1 aromatic heterocycles. The maximum Gasteiger partial charge on any atom is 0.227 e. The third kappa shape index (κ3) is 6.29. The van der Waals surface area contributed by atoms with E-state index in [2.05, 4.69) is 15.5 Å². The lowest BCUT2D eigenvalue weighted by Crippen LogP contribution is -2.41. The van der Waals surface area contributed by atoms with Gasteiger partial charge in [-0.15, -0.1) is 0 Å². The minimum absolute atomic E-state index is 0.00404. The number of carbonyl (C=O) groups is 2. The van der Waals surface area contributed by atoms with Gasteiger partial charge in [0.05, 0.1) is 11.6 Å². The van der Waals surface area contributed by atoms with Crippen LogP contribution in [0.4, 0.5) is 11.8 Å². The summed E-state index contributed by atoms with van der Waals surface area (Å²) in [4.78, 5) is 37.8. The molecule has 1 atom stereocenters. The maximum atomic E-state index is 13.1. The molecule has 1 heterocycles. The molecule has 3 aromatic rings. The van der Waals surface area contributed by atoms with Crippen molar-refractivity contribution in [1.82, 2.24) is 15.3 Å². The third-order valence-corrected chi connectivity index (χ3v) is 8.07. The quantitative estimate of drug-likeness (QED) is 0.389. The van der Waals surface area contributed by atoms with Crippen LogP contribution in [0, 0.1) is 0 Å². The zero-order chi connectivity index (χ0) is 27.4. The normalized spacial score (nSPS) is 19.5. The Labute approximate surface area is 231 Å². The van der Waals surface area contributed by atoms with Crippen molar-refractivity contribution < 1.29 is 9.59 Å². The summed E-state index contributed by atoms with van der Waals surface area (Å²) >= 11 is 0. The maximum absolute atomic E-state index is 13.1. The molecule has 0 saturated heterocycles. The van der Waals surface area contributed by atoms with E-state index in [1.165, 1.54) is 24.1 Å². The van der Waals surface area contributed by atoms with Crippen LogP contribution >= 0.6 is 0 Å². The summed E-state index contributed by atoms with van der Waals surface area (Å²) in [7, 11) is 4.10. The van der Waals surface area contributed by atoms with Crippen LogP contribution in [-0.4, -0.2) is 47.8 Å². The first-order valence-corrected chi connectivity index (χ1v) is 14.2. The SMILES string of the molecule is CC(C(=O)NC1CCC(Nc2nc3c(c(N(C)C)n2)CCCC3)CC1)c1cccc(C(=O)c2ccccc2)c1. The van der Waals surface area contributed by atoms with Crippen molar-refractivity contribution in [2.45, 2.75) is 76.3 Å². The van der Waals surface area contributed by atoms with Crippen molar-refractivity contribution in [2.24, 2.45) is 0 Å². The Balaban J connectivity index is 1.16. The first kappa shape index (κ1) is 26.9. The van der Waals surface area contributed by atoms with Crippen LogP contribution in [0.3, 0.4) is 0 Å². The minimum Gasteiger partial charge on any atom is -0.362 e. The van der Waals surface area contributed by atoms with Gasteiger partial charge in [0.25, 0.3) is 0 Å². The number of nitrogens with one attached hydrogen (secondary N) is 2. The first-order valence-electron chi connectivity index (χ1n) is 14.2. The van der Waals surface area contributed by atoms with E-state index in [0.717, 1.165) is 55.9 Å². The molecule has 2 aromatic carbocycles. The summed E-state index contributed by atoms with van der Waals surface area (Å²) in [5.41, 5.74) is 4.59. The number of anilines is 2. The third-order valence-electron chi connectivity index (χ3n) is 8.07. The van der Waals surface area contributed by atoms with Crippen LogP contribution in [0.25, 0.3) is 0 Å². The standard InChI is InChI=1S/C32H39N5O2/c1-21(23-12-9-13-24(20-23)29(38)22-10-5-4-6-11-22)31(39)33-25-16-18-26(19-17-25)34-32-35-28-15-8-7-14-27(28)30(36-32)37(2)3/h4-6,9-13,20-21,25-26H,7-8,14-19H2,1-3H3,(H,33,39)(H,34,35,36). The Morgan fingerprint density at radius 3 is 2.31 bits per heavy atom. The van der Waals surface area contributed by atoms with Crippen LogP contribution < -0.4 is 15.5 Å². The molecular formula is C32H39N5O2. The molecule has 0 radical (unpaired) electrons. The molecule has 2 aliphatic rings. The largest absolute Gasteiger partial charge is 0.362 e. The second-order valence-electron chi connectivity index (χ2n) is 11.1. The molecule has 1 unspecified atom stereocenters. The van der Waals surface area contributed by atoms with E-state index in [1.807, 2.05) is 75.6 Å². The van der Waals surface area contributed by atoms with E-state index in [0.29, 0.717) is 17.2 Å². The Hall–Kier alpha value is -3.74. The fraction of sp³-hybridized carbons (Fsp3) is 0.438. The summed E-state index contributed by atoms with van der Waals surface area (Å²) in [5, 5.41) is 6.84. The van der Waals surface area contributed by atoms with Crippen molar-refractivity contribution in [3.05, 3.63) is 82.5 Å². The lowest BCUT2D eigenvalue weighted by molar-refractivity contribution is -0.123. The smallest absolute Gasteiger partial charge is 0.227 e. The number of fused-ring (bicyclic) bond motifs is 1. The van der Waals surface area contributed by atoms with Gasteiger partial charge >= 0.3 is 0 Å². The summed E-state index contributed by atoms with van der Waals surface area (Å²) in [5.74, 6) is 1.40. The number of carbonyl (C=O) groups excluding carboxylic acids is 2. The summed E-state index contributed by atoms with van der Waals surface area (Å²) in [6.07, 6.45) is 8.20. The van der Waals surface area contributed by atoms with Crippen LogP contribution in [0.5, 0.6) is 0 Å². The molecule has 1 fully saturated rings. The van der Waals surface area contributed by atoms with Gasteiger partial charge in [-0.3, -0.25) is 9.59 Å². The lowest BCUT2D eigenvalue weighted by Gasteiger charge is -2.31. The average Bonchev–Trinajstić information content (AvgIpc) is 2.97. The van der Waals surface area contributed by atoms with Gasteiger partial charge in [0.2, 0.25) is 11.9 Å². The topological polar surface area (TPSA) is 87.2 Å². The monoisotopic (exact) mass is 525 g/mol. The number of aryl methyl sites for hydroxylation is 1. The highest BCUT2D eigenvalue weighted by molar-refractivity contribution is 6.09. The number of rotatable bonds is 8. The Morgan fingerprint density at radius 2 is 1.56 bits per heavy atom. The number of hydrogen-bond acceptors (Lipinski definition) is 6. The van der Waals surface area contributed by atoms with Gasteiger partial charge in [-0.25, -0.2) is 4.98 Å². The minimum atomic E-state index is -0.335. The molecule has 204 valence electrons. The van der Waals surface area contributed by atoms with E-state index in [9.17, 15) is 9.59 Å². The molecule has 7 heteroatoms. The molecule has 0 aliphatic heterocycles. The van der Waals surface area contributed by atoms with Gasteiger partial charge in [0.1, 0.15) is 5.82 Å². The zero-order valence-corrected chi connectivity index (χ0v) is 23.2. The Bertz CT molecular complexity index is 1320. The number of aromatic nitrogens is 2. The van der Waals surface area contributed by atoms with E-state index in [4.69, 9.17) is 9.97 Å². The van der Waals surface area contributed by atoms with Gasteiger partial charge in [-0.2, -0.15) is 4.98 Å². The molecule has 2 N–H and O–H groups in total. The number of nitrogens with zero attached hydrogens (tertiary/aromatic N) is 3. The first-order chi connectivity index (χ1) is 18.9. The van der Waals surface area contributed by atoms with Crippen LogP contribution in [0.1, 0.15) is 84.1 Å². The Kier molecular flexibility index (Phi) is 8.24. The number of ketones is 1. The summed E-state index contributed by atoms with van der Waals surface area (Å²) in [6.45, 7) is 1.91. The van der Waals surface area contributed by atoms with Crippen LogP contribution in [0.15, 0.2) is 54.6 Å². The number of hydrogen-bond donors (Lipinski definition) is 2. The molecule has 5 rings (SSSR count). The molecule has 1 saturated carbocycles. The summed E-state index contributed by atoms with van der Waals surface area (Å²) < 4.78 is 0. The molecular weight excluding hydrogens is 486 g/mol. The Morgan fingerprint density at radius 1 is 0.872 bits per heavy atom. The van der Waals surface area contributed by atoms with E-state index in [1.54, 1.807) is 0 Å². The van der Waals surface area contributed by atoms with Gasteiger partial charge in [-0.1, -0.05) is 48.5 Å². The molecule has 0 spiro atoms. The number of benzene rings is 2. The van der Waals surface area contributed by atoms with Gasteiger partial charge < -0.3 is 15.5 Å². The highest BCUT2D eigenvalue weighted by Gasteiger charge is 2.26. The fourth-order valence-electron chi connectivity index (χ4n) is 5.76. The fourth-order valence-corrected chi connectivity index (χ4v) is 5.76. The number of amides is 1. The highest BCUT2D eigenvalue weighted by atomic mass is 16.2. The van der Waals surface area contributed by atoms with E-state index >= 15 is 0 Å².